The van der Waals surface area contributed by atoms with Crippen LogP contribution < -0.4 is 14.2 Å². The molecule has 0 amide bonds. The SMILES string of the molecule is COc1cccc(OC)c1OCCN1CCC(c2nc(-c3ccc(F)cc3)c3ccccn23)CC1. The highest BCUT2D eigenvalue weighted by Gasteiger charge is 2.25. The van der Waals surface area contributed by atoms with Gasteiger partial charge in [-0.25, -0.2) is 9.37 Å². The van der Waals surface area contributed by atoms with Gasteiger partial charge in [-0.3, -0.25) is 4.90 Å². The van der Waals surface area contributed by atoms with Gasteiger partial charge < -0.3 is 18.6 Å². The van der Waals surface area contributed by atoms with E-state index in [1.54, 1.807) is 26.4 Å². The average molecular weight is 476 g/mol. The van der Waals surface area contributed by atoms with Crippen LogP contribution in [0.3, 0.4) is 0 Å². The quantitative estimate of drug-likeness (QED) is 0.341. The van der Waals surface area contributed by atoms with Crippen molar-refractivity contribution in [3.05, 3.63) is 78.5 Å². The highest BCUT2D eigenvalue weighted by Crippen LogP contribution is 2.37. The third-order valence-electron chi connectivity index (χ3n) is 6.68. The Bertz CT molecular complexity index is 1260. The lowest BCUT2D eigenvalue weighted by Crippen LogP contribution is -2.36. The third-order valence-corrected chi connectivity index (χ3v) is 6.68. The predicted molar refractivity (Wildman–Crippen MR) is 134 cm³/mol. The zero-order chi connectivity index (χ0) is 24.2. The summed E-state index contributed by atoms with van der Waals surface area (Å²) >= 11 is 0. The van der Waals surface area contributed by atoms with Crippen LogP contribution in [0.1, 0.15) is 24.6 Å². The van der Waals surface area contributed by atoms with Gasteiger partial charge >= 0.3 is 0 Å². The molecule has 1 fully saturated rings. The van der Waals surface area contributed by atoms with Gasteiger partial charge in [0.2, 0.25) is 5.75 Å². The van der Waals surface area contributed by atoms with Crippen LogP contribution >= 0.6 is 0 Å². The molecule has 0 radical (unpaired) electrons. The summed E-state index contributed by atoms with van der Waals surface area (Å²) < 4.78 is 32.5. The molecule has 182 valence electrons. The molecule has 3 heterocycles. The maximum atomic E-state index is 13.5. The van der Waals surface area contributed by atoms with E-state index in [4.69, 9.17) is 19.2 Å². The first-order valence-electron chi connectivity index (χ1n) is 12.0. The highest BCUT2D eigenvalue weighted by atomic mass is 19.1. The van der Waals surface area contributed by atoms with Crippen molar-refractivity contribution in [1.82, 2.24) is 14.3 Å². The number of piperidine rings is 1. The fraction of sp³-hybridized carbons (Fsp3) is 0.321. The fourth-order valence-corrected chi connectivity index (χ4v) is 4.82. The zero-order valence-corrected chi connectivity index (χ0v) is 20.1. The Hall–Kier alpha value is -3.58. The number of likely N-dealkylation sites (tertiary alicyclic amines) is 1. The maximum absolute atomic E-state index is 13.5. The largest absolute Gasteiger partial charge is 0.493 e. The number of fused-ring (bicyclic) bond motifs is 1. The Morgan fingerprint density at radius 2 is 1.63 bits per heavy atom. The molecule has 0 spiro atoms. The van der Waals surface area contributed by atoms with E-state index in [0.29, 0.717) is 29.8 Å². The predicted octanol–water partition coefficient (Wildman–Crippen LogP) is 5.42. The topological polar surface area (TPSA) is 48.2 Å². The number of imidazole rings is 1. The zero-order valence-electron chi connectivity index (χ0n) is 20.1. The molecule has 5 rings (SSSR count). The van der Waals surface area contributed by atoms with E-state index in [0.717, 1.165) is 55.1 Å². The van der Waals surface area contributed by atoms with Crippen molar-refractivity contribution >= 4 is 5.52 Å². The molecule has 7 heteroatoms. The van der Waals surface area contributed by atoms with Crippen LogP contribution in [0, 0.1) is 5.82 Å². The van der Waals surface area contributed by atoms with E-state index in [-0.39, 0.29) is 5.82 Å². The molecule has 2 aromatic carbocycles. The number of ether oxygens (including phenoxy) is 3. The third kappa shape index (κ3) is 4.82. The summed E-state index contributed by atoms with van der Waals surface area (Å²) in [7, 11) is 3.26. The number of methoxy groups -OCH3 is 2. The van der Waals surface area contributed by atoms with Crippen LogP contribution in [0.25, 0.3) is 16.8 Å². The van der Waals surface area contributed by atoms with E-state index >= 15 is 0 Å². The van der Waals surface area contributed by atoms with Gasteiger partial charge in [0.1, 0.15) is 18.2 Å². The van der Waals surface area contributed by atoms with Gasteiger partial charge in [-0.2, -0.15) is 0 Å². The second-order valence-corrected chi connectivity index (χ2v) is 8.74. The van der Waals surface area contributed by atoms with Crippen LogP contribution in [-0.4, -0.2) is 54.7 Å². The summed E-state index contributed by atoms with van der Waals surface area (Å²) in [6.45, 7) is 3.34. The van der Waals surface area contributed by atoms with Crippen molar-refractivity contribution < 1.29 is 18.6 Å². The first kappa shape index (κ1) is 23.2. The molecule has 1 aliphatic heterocycles. The lowest BCUT2D eigenvalue weighted by molar-refractivity contribution is 0.167. The molecule has 35 heavy (non-hydrogen) atoms. The Kier molecular flexibility index (Phi) is 6.86. The van der Waals surface area contributed by atoms with Crippen molar-refractivity contribution in [2.24, 2.45) is 0 Å². The second-order valence-electron chi connectivity index (χ2n) is 8.74. The fourth-order valence-electron chi connectivity index (χ4n) is 4.82. The number of pyridine rings is 1. The lowest BCUT2D eigenvalue weighted by atomic mass is 9.96. The molecule has 6 nitrogen and oxygen atoms in total. The minimum Gasteiger partial charge on any atom is -0.493 e. The normalized spacial score (nSPS) is 14.8. The van der Waals surface area contributed by atoms with E-state index in [1.165, 1.54) is 12.1 Å². The number of halogens is 1. The van der Waals surface area contributed by atoms with Crippen LogP contribution in [-0.2, 0) is 0 Å². The van der Waals surface area contributed by atoms with Gasteiger partial charge in [-0.05, 0) is 74.5 Å². The molecule has 4 aromatic rings. The van der Waals surface area contributed by atoms with E-state index in [9.17, 15) is 4.39 Å². The van der Waals surface area contributed by atoms with E-state index in [1.807, 2.05) is 30.3 Å². The molecular weight excluding hydrogens is 445 g/mol. The Morgan fingerprint density at radius 3 is 2.31 bits per heavy atom. The van der Waals surface area contributed by atoms with Crippen LogP contribution in [0.4, 0.5) is 4.39 Å². The van der Waals surface area contributed by atoms with E-state index in [2.05, 4.69) is 21.6 Å². The lowest BCUT2D eigenvalue weighted by Gasteiger charge is -2.31. The summed E-state index contributed by atoms with van der Waals surface area (Å²) in [6.07, 6.45) is 4.12. The van der Waals surface area contributed by atoms with Crippen LogP contribution in [0.5, 0.6) is 17.2 Å². The Balaban J connectivity index is 1.24. The molecular formula is C28H30FN3O3. The standard InChI is InChI=1S/C28H30FN3O3/c1-33-24-7-5-8-25(34-2)27(24)35-19-18-31-16-13-21(14-17-31)28-30-26(20-9-11-22(29)12-10-20)23-6-3-4-15-32(23)28/h3-12,15,21H,13-14,16-19H2,1-2H3. The average Bonchev–Trinajstić information content (AvgIpc) is 3.29. The molecule has 0 unspecified atom stereocenters. The van der Waals surface area contributed by atoms with Gasteiger partial charge in [0, 0.05) is 24.2 Å². The monoisotopic (exact) mass is 475 g/mol. The molecule has 0 atom stereocenters. The van der Waals surface area contributed by atoms with Crippen LogP contribution in [0.2, 0.25) is 0 Å². The summed E-state index contributed by atoms with van der Waals surface area (Å²) in [5.41, 5.74) is 2.89. The smallest absolute Gasteiger partial charge is 0.203 e. The molecule has 1 saturated heterocycles. The first-order valence-corrected chi connectivity index (χ1v) is 12.0. The van der Waals surface area contributed by atoms with Gasteiger partial charge in [0.15, 0.2) is 11.5 Å². The summed E-state index contributed by atoms with van der Waals surface area (Å²) in [6, 6.07) is 18.3. The number of para-hydroxylation sites is 1. The van der Waals surface area contributed by atoms with Crippen molar-refractivity contribution in [3.63, 3.8) is 0 Å². The van der Waals surface area contributed by atoms with E-state index < -0.39 is 0 Å². The number of nitrogens with zero attached hydrogens (tertiary/aromatic N) is 3. The summed E-state index contributed by atoms with van der Waals surface area (Å²) in [4.78, 5) is 7.47. The molecule has 0 N–H and O–H groups in total. The highest BCUT2D eigenvalue weighted by molar-refractivity contribution is 5.77. The number of aromatic nitrogens is 2. The summed E-state index contributed by atoms with van der Waals surface area (Å²) in [5.74, 6) is 3.19. The number of benzene rings is 2. The molecule has 0 saturated carbocycles. The van der Waals surface area contributed by atoms with Gasteiger partial charge in [-0.15, -0.1) is 0 Å². The van der Waals surface area contributed by atoms with Gasteiger partial charge in [-0.1, -0.05) is 12.1 Å². The molecule has 0 bridgehead atoms. The molecule has 0 aliphatic carbocycles. The maximum Gasteiger partial charge on any atom is 0.203 e. The number of hydrogen-bond acceptors (Lipinski definition) is 5. The summed E-state index contributed by atoms with van der Waals surface area (Å²) in [5, 5.41) is 0. The minimum atomic E-state index is -0.238. The molecule has 1 aliphatic rings. The van der Waals surface area contributed by atoms with Crippen LogP contribution in [0.15, 0.2) is 66.9 Å². The van der Waals surface area contributed by atoms with Gasteiger partial charge in [0.05, 0.1) is 25.4 Å². The van der Waals surface area contributed by atoms with Crippen molar-refractivity contribution in [2.45, 2.75) is 18.8 Å². The first-order chi connectivity index (χ1) is 17.2. The molecule has 2 aromatic heterocycles. The minimum absolute atomic E-state index is 0.238. The number of rotatable bonds is 8. The Labute approximate surface area is 204 Å². The van der Waals surface area contributed by atoms with Crippen molar-refractivity contribution in [1.29, 1.82) is 0 Å². The van der Waals surface area contributed by atoms with Crippen molar-refractivity contribution in [2.75, 3.05) is 40.5 Å². The Morgan fingerprint density at radius 1 is 0.914 bits per heavy atom. The second kappa shape index (κ2) is 10.4. The van der Waals surface area contributed by atoms with Crippen molar-refractivity contribution in [3.8, 4) is 28.5 Å². The number of hydrogen-bond donors (Lipinski definition) is 0. The van der Waals surface area contributed by atoms with Gasteiger partial charge in [0.25, 0.3) is 0 Å².